The summed E-state index contributed by atoms with van der Waals surface area (Å²) in [5, 5.41) is 10.9. The fourth-order valence-electron chi connectivity index (χ4n) is 4.68. The lowest BCUT2D eigenvalue weighted by atomic mass is 9.76. The van der Waals surface area contributed by atoms with Crippen LogP contribution < -0.4 is 4.74 Å². The fourth-order valence-corrected chi connectivity index (χ4v) is 4.68. The van der Waals surface area contributed by atoms with E-state index in [9.17, 15) is 9.90 Å². The summed E-state index contributed by atoms with van der Waals surface area (Å²) in [4.78, 5) is 12.5. The van der Waals surface area contributed by atoms with Crippen molar-refractivity contribution in [2.45, 2.75) is 91.1 Å². The molecule has 148 valence electrons. The molecule has 1 aromatic rings. The fraction of sp³-hybridized carbons (Fsp3) is 0.625. The monoisotopic (exact) mass is 370 g/mol. The quantitative estimate of drug-likeness (QED) is 0.590. The van der Waals surface area contributed by atoms with Crippen LogP contribution in [0.5, 0.6) is 11.5 Å². The van der Waals surface area contributed by atoms with Crippen molar-refractivity contribution < 1.29 is 14.6 Å². The molecule has 0 spiro atoms. The van der Waals surface area contributed by atoms with Crippen molar-refractivity contribution in [3.8, 4) is 11.5 Å². The van der Waals surface area contributed by atoms with Gasteiger partial charge in [-0.2, -0.15) is 0 Å². The first-order valence-electron chi connectivity index (χ1n) is 10.6. The summed E-state index contributed by atoms with van der Waals surface area (Å²) in [6.45, 7) is 10.7. The van der Waals surface area contributed by atoms with Gasteiger partial charge in [-0.15, -0.1) is 0 Å². The third-order valence-electron chi connectivity index (χ3n) is 6.43. The number of rotatable bonds is 6. The zero-order valence-corrected chi connectivity index (χ0v) is 17.5. The molecule has 0 saturated carbocycles. The number of aromatic hydroxyl groups is 1. The van der Waals surface area contributed by atoms with E-state index < -0.39 is 5.60 Å². The number of ether oxygens (including phenoxy) is 1. The van der Waals surface area contributed by atoms with E-state index >= 15 is 0 Å². The van der Waals surface area contributed by atoms with Gasteiger partial charge in [0, 0.05) is 12.0 Å². The molecule has 2 unspecified atom stereocenters. The van der Waals surface area contributed by atoms with Crippen molar-refractivity contribution in [3.05, 3.63) is 28.8 Å². The number of hydrogen-bond donors (Lipinski definition) is 1. The van der Waals surface area contributed by atoms with Crippen molar-refractivity contribution in [1.29, 1.82) is 0 Å². The number of Topliss-reactive ketones (excluding diaryl/α,β-unsaturated/α-hetero) is 1. The molecule has 27 heavy (non-hydrogen) atoms. The van der Waals surface area contributed by atoms with Gasteiger partial charge >= 0.3 is 0 Å². The minimum absolute atomic E-state index is 0.160. The SMILES string of the molecule is CCCCCC(C)C(C)c1cc(O)c2c(c1)OC(C)(C)C1=C2CCCC1=O. The predicted octanol–water partition coefficient (Wildman–Crippen LogP) is 6.39. The van der Waals surface area contributed by atoms with Crippen LogP contribution in [0.1, 0.15) is 96.6 Å². The van der Waals surface area contributed by atoms with E-state index in [-0.39, 0.29) is 11.5 Å². The Morgan fingerprint density at radius 2 is 1.93 bits per heavy atom. The number of phenolic OH excluding ortho intramolecular Hbond substituents is 1. The molecule has 0 fully saturated rings. The number of fused-ring (bicyclic) bond motifs is 2. The van der Waals surface area contributed by atoms with Gasteiger partial charge in [0.25, 0.3) is 0 Å². The second-order valence-corrected chi connectivity index (χ2v) is 8.92. The standard InChI is InChI=1S/C24H34O3/c1-6-7-8-10-15(2)16(3)17-13-20(26)22-18-11-9-12-19(25)23(18)24(4,5)27-21(22)14-17/h13-16,26H,6-12H2,1-5H3. The van der Waals surface area contributed by atoms with Gasteiger partial charge in [-0.1, -0.05) is 46.5 Å². The summed E-state index contributed by atoms with van der Waals surface area (Å²) in [5.74, 6) is 2.06. The Morgan fingerprint density at radius 1 is 1.19 bits per heavy atom. The number of unbranched alkanes of at least 4 members (excludes halogenated alkanes) is 2. The second-order valence-electron chi connectivity index (χ2n) is 8.92. The van der Waals surface area contributed by atoms with Crippen molar-refractivity contribution in [3.63, 3.8) is 0 Å². The molecule has 1 N–H and O–H groups in total. The van der Waals surface area contributed by atoms with Gasteiger partial charge in [0.05, 0.1) is 5.56 Å². The Hall–Kier alpha value is -1.77. The molecular weight excluding hydrogens is 336 g/mol. The molecule has 1 aliphatic heterocycles. The van der Waals surface area contributed by atoms with E-state index in [1.165, 1.54) is 25.7 Å². The minimum Gasteiger partial charge on any atom is -0.507 e. The maximum absolute atomic E-state index is 12.5. The molecule has 0 radical (unpaired) electrons. The third-order valence-corrected chi connectivity index (χ3v) is 6.43. The first-order valence-corrected chi connectivity index (χ1v) is 10.6. The van der Waals surface area contributed by atoms with Gasteiger partial charge in [0.2, 0.25) is 0 Å². The first-order chi connectivity index (χ1) is 12.8. The van der Waals surface area contributed by atoms with Crippen LogP contribution in [0.25, 0.3) is 5.57 Å². The normalized spacial score (nSPS) is 20.6. The highest BCUT2D eigenvalue weighted by Crippen LogP contribution is 2.50. The van der Waals surface area contributed by atoms with Gasteiger partial charge < -0.3 is 9.84 Å². The van der Waals surface area contributed by atoms with E-state index in [0.717, 1.165) is 40.9 Å². The van der Waals surface area contributed by atoms with Gasteiger partial charge in [0.1, 0.15) is 17.1 Å². The van der Waals surface area contributed by atoms with E-state index in [0.29, 0.717) is 18.3 Å². The molecule has 2 atom stereocenters. The zero-order valence-electron chi connectivity index (χ0n) is 17.5. The van der Waals surface area contributed by atoms with Gasteiger partial charge in [0.15, 0.2) is 5.78 Å². The van der Waals surface area contributed by atoms with Crippen LogP contribution in [-0.2, 0) is 4.79 Å². The lowest BCUT2D eigenvalue weighted by molar-refractivity contribution is -0.117. The average Bonchev–Trinajstić information content (AvgIpc) is 2.59. The molecule has 3 nitrogen and oxygen atoms in total. The predicted molar refractivity (Wildman–Crippen MR) is 110 cm³/mol. The van der Waals surface area contributed by atoms with Crippen molar-refractivity contribution in [2.75, 3.05) is 0 Å². The Bertz CT molecular complexity index is 757. The van der Waals surface area contributed by atoms with Crippen LogP contribution in [0.4, 0.5) is 0 Å². The second kappa shape index (κ2) is 7.69. The molecule has 2 aliphatic rings. The molecule has 0 amide bonds. The summed E-state index contributed by atoms with van der Waals surface area (Å²) in [6.07, 6.45) is 7.21. The van der Waals surface area contributed by atoms with Crippen molar-refractivity contribution in [2.24, 2.45) is 5.92 Å². The highest BCUT2D eigenvalue weighted by atomic mass is 16.5. The van der Waals surface area contributed by atoms with Gasteiger partial charge in [-0.25, -0.2) is 0 Å². The van der Waals surface area contributed by atoms with Gasteiger partial charge in [-0.3, -0.25) is 4.79 Å². The Kier molecular flexibility index (Phi) is 5.69. The number of allylic oxidation sites excluding steroid dienone is 1. The van der Waals surface area contributed by atoms with Gasteiger partial charge in [-0.05, 0) is 61.8 Å². The molecule has 1 aromatic carbocycles. The van der Waals surface area contributed by atoms with E-state index in [1.54, 1.807) is 0 Å². The Morgan fingerprint density at radius 3 is 2.63 bits per heavy atom. The van der Waals surface area contributed by atoms with Crippen LogP contribution in [-0.4, -0.2) is 16.5 Å². The molecule has 0 bridgehead atoms. The van der Waals surface area contributed by atoms with Crippen molar-refractivity contribution in [1.82, 2.24) is 0 Å². The summed E-state index contributed by atoms with van der Waals surface area (Å²) in [5.41, 5.74) is 2.97. The molecule has 0 aromatic heterocycles. The highest BCUT2D eigenvalue weighted by molar-refractivity contribution is 6.07. The third kappa shape index (κ3) is 3.79. The van der Waals surface area contributed by atoms with E-state index in [4.69, 9.17) is 4.74 Å². The highest BCUT2D eigenvalue weighted by Gasteiger charge is 2.41. The first kappa shape index (κ1) is 20.0. The maximum atomic E-state index is 12.5. The summed E-state index contributed by atoms with van der Waals surface area (Å²) in [7, 11) is 0. The summed E-state index contributed by atoms with van der Waals surface area (Å²) >= 11 is 0. The van der Waals surface area contributed by atoms with Crippen LogP contribution in [0.2, 0.25) is 0 Å². The molecule has 3 rings (SSSR count). The van der Waals surface area contributed by atoms with Crippen LogP contribution in [0.3, 0.4) is 0 Å². The molecule has 3 heteroatoms. The number of benzene rings is 1. The Balaban J connectivity index is 1.97. The molecule has 1 heterocycles. The van der Waals surface area contributed by atoms with Crippen LogP contribution in [0, 0.1) is 5.92 Å². The van der Waals surface area contributed by atoms with E-state index in [1.807, 2.05) is 19.9 Å². The lowest BCUT2D eigenvalue weighted by Gasteiger charge is -2.39. The number of hydrogen-bond acceptors (Lipinski definition) is 3. The number of ketones is 1. The Labute approximate surface area is 163 Å². The molecule has 0 saturated heterocycles. The smallest absolute Gasteiger partial charge is 0.163 e. The topological polar surface area (TPSA) is 46.5 Å². The number of carbonyl (C=O) groups excluding carboxylic acids is 1. The lowest BCUT2D eigenvalue weighted by Crippen LogP contribution is -2.39. The van der Waals surface area contributed by atoms with Crippen LogP contribution in [0.15, 0.2) is 17.7 Å². The maximum Gasteiger partial charge on any atom is 0.163 e. The number of carbonyl (C=O) groups is 1. The molecular formula is C24H34O3. The average molecular weight is 371 g/mol. The minimum atomic E-state index is -0.638. The van der Waals surface area contributed by atoms with E-state index in [2.05, 4.69) is 26.8 Å². The summed E-state index contributed by atoms with van der Waals surface area (Å²) < 4.78 is 6.27. The number of phenols is 1. The molecule has 1 aliphatic carbocycles. The summed E-state index contributed by atoms with van der Waals surface area (Å²) in [6, 6.07) is 3.99. The van der Waals surface area contributed by atoms with Crippen LogP contribution >= 0.6 is 0 Å². The zero-order chi connectivity index (χ0) is 19.8. The largest absolute Gasteiger partial charge is 0.507 e. The van der Waals surface area contributed by atoms with Crippen molar-refractivity contribution >= 4 is 11.4 Å².